The summed E-state index contributed by atoms with van der Waals surface area (Å²) in [5, 5.41) is 10.6. The highest BCUT2D eigenvalue weighted by Crippen LogP contribution is 2.43. The number of aromatic hydroxyl groups is 1. The van der Waals surface area contributed by atoms with Gasteiger partial charge in [-0.2, -0.15) is 0 Å². The Morgan fingerprint density at radius 1 is 1.06 bits per heavy atom. The van der Waals surface area contributed by atoms with Gasteiger partial charge in [0.05, 0.1) is 24.1 Å². The first kappa shape index (κ1) is 20.1. The second-order valence-corrected chi connectivity index (χ2v) is 7.74. The van der Waals surface area contributed by atoms with Crippen molar-refractivity contribution >= 4 is 34.2 Å². The number of amides is 1. The lowest BCUT2D eigenvalue weighted by atomic mass is 9.97. The van der Waals surface area contributed by atoms with Crippen LogP contribution in [0.1, 0.15) is 27.7 Å². The minimum Gasteiger partial charge on any atom is -0.504 e. The Kier molecular flexibility index (Phi) is 4.64. The van der Waals surface area contributed by atoms with Crippen molar-refractivity contribution in [3.8, 4) is 11.5 Å². The molecule has 1 aromatic heterocycles. The van der Waals surface area contributed by atoms with Gasteiger partial charge in [0.25, 0.3) is 5.91 Å². The molecule has 5 rings (SSSR count). The highest BCUT2D eigenvalue weighted by atomic mass is 35.5. The number of phenolic OH excluding ortho intramolecular Hbond substituents is 1. The number of hydrogen-bond acceptors (Lipinski definition) is 5. The van der Waals surface area contributed by atoms with E-state index in [0.29, 0.717) is 16.3 Å². The van der Waals surface area contributed by atoms with Crippen molar-refractivity contribution in [2.45, 2.75) is 6.04 Å². The zero-order valence-corrected chi connectivity index (χ0v) is 17.4. The summed E-state index contributed by atoms with van der Waals surface area (Å²) in [5.41, 5.74) is 0.834. The Balaban J connectivity index is 1.82. The molecule has 2 heterocycles. The maximum Gasteiger partial charge on any atom is 0.295 e. The fraction of sp³-hybridized carbons (Fsp3) is 0.0833. The number of carbonyl (C=O) groups excluding carboxylic acids is 1. The van der Waals surface area contributed by atoms with Gasteiger partial charge in [-0.1, -0.05) is 17.7 Å². The van der Waals surface area contributed by atoms with E-state index in [-0.39, 0.29) is 33.8 Å². The minimum absolute atomic E-state index is 0.0912. The Labute approximate surface area is 186 Å². The molecule has 1 aliphatic heterocycles. The molecular weight excluding hydrogens is 437 g/mol. The first-order valence-electron chi connectivity index (χ1n) is 9.61. The molecule has 0 aliphatic carbocycles. The van der Waals surface area contributed by atoms with Gasteiger partial charge in [-0.15, -0.1) is 0 Å². The van der Waals surface area contributed by atoms with Gasteiger partial charge in [0.2, 0.25) is 5.76 Å². The van der Waals surface area contributed by atoms with E-state index in [4.69, 9.17) is 20.8 Å². The third kappa shape index (κ3) is 3.01. The van der Waals surface area contributed by atoms with Crippen LogP contribution in [0.4, 0.5) is 10.1 Å². The number of carbonyl (C=O) groups is 1. The quantitative estimate of drug-likeness (QED) is 0.471. The Morgan fingerprint density at radius 3 is 2.53 bits per heavy atom. The number of benzene rings is 3. The van der Waals surface area contributed by atoms with Crippen LogP contribution in [0.25, 0.3) is 11.0 Å². The first-order valence-corrected chi connectivity index (χ1v) is 9.99. The maximum atomic E-state index is 13.6. The smallest absolute Gasteiger partial charge is 0.295 e. The topological polar surface area (TPSA) is 80.0 Å². The monoisotopic (exact) mass is 451 g/mol. The normalized spacial score (nSPS) is 15.3. The first-order chi connectivity index (χ1) is 15.4. The lowest BCUT2D eigenvalue weighted by molar-refractivity contribution is 0.0971. The van der Waals surface area contributed by atoms with Crippen LogP contribution in [0.3, 0.4) is 0 Å². The molecule has 6 nitrogen and oxygen atoms in total. The SMILES string of the molecule is COc1cc(C2c3c(oc4ccc(Cl)cc4c3=O)C(=O)N2c2ccc(F)cc2)ccc1O. The van der Waals surface area contributed by atoms with Crippen molar-refractivity contribution in [1.82, 2.24) is 0 Å². The van der Waals surface area contributed by atoms with E-state index in [1.54, 1.807) is 18.2 Å². The summed E-state index contributed by atoms with van der Waals surface area (Å²) in [5.74, 6) is -1.03. The molecule has 0 spiro atoms. The average Bonchev–Trinajstić information content (AvgIpc) is 3.08. The molecular formula is C24H15ClFNO5. The van der Waals surface area contributed by atoms with E-state index in [0.717, 1.165) is 0 Å². The molecule has 1 atom stereocenters. The van der Waals surface area contributed by atoms with Gasteiger partial charge < -0.3 is 14.3 Å². The number of fused-ring (bicyclic) bond motifs is 2. The fourth-order valence-electron chi connectivity index (χ4n) is 3.99. The zero-order valence-electron chi connectivity index (χ0n) is 16.6. The van der Waals surface area contributed by atoms with Crippen LogP contribution >= 0.6 is 11.6 Å². The predicted octanol–water partition coefficient (Wildman–Crippen LogP) is 5.05. The van der Waals surface area contributed by atoms with E-state index in [1.807, 2.05) is 0 Å². The molecule has 8 heteroatoms. The molecule has 0 radical (unpaired) electrons. The second-order valence-electron chi connectivity index (χ2n) is 7.30. The summed E-state index contributed by atoms with van der Waals surface area (Å²) in [6, 6.07) is 13.6. The summed E-state index contributed by atoms with van der Waals surface area (Å²) in [6.45, 7) is 0. The third-order valence-corrected chi connectivity index (χ3v) is 5.69. The van der Waals surface area contributed by atoms with Gasteiger partial charge >= 0.3 is 0 Å². The Hall–Kier alpha value is -3.84. The standard InChI is InChI=1S/C24H15ClFNO5/c1-31-19-10-12(2-8-17(19)28)21-20-22(29)16-11-13(25)3-9-18(16)32-23(20)24(30)27(21)15-6-4-14(26)5-7-15/h2-11,21,28H,1H3. The molecule has 0 saturated heterocycles. The van der Waals surface area contributed by atoms with Crippen molar-refractivity contribution in [2.24, 2.45) is 0 Å². The molecule has 1 aliphatic rings. The third-order valence-electron chi connectivity index (χ3n) is 5.46. The number of hydrogen-bond donors (Lipinski definition) is 1. The summed E-state index contributed by atoms with van der Waals surface area (Å²) in [4.78, 5) is 28.3. The highest BCUT2D eigenvalue weighted by molar-refractivity contribution is 6.31. The molecule has 0 saturated carbocycles. The van der Waals surface area contributed by atoms with Crippen LogP contribution in [0.2, 0.25) is 5.02 Å². The molecule has 32 heavy (non-hydrogen) atoms. The second kappa shape index (κ2) is 7.39. The molecule has 1 amide bonds. The molecule has 4 aromatic rings. The number of phenols is 1. The van der Waals surface area contributed by atoms with Gasteiger partial charge in [0.15, 0.2) is 16.9 Å². The molecule has 3 aromatic carbocycles. The summed E-state index contributed by atoms with van der Waals surface area (Å²) < 4.78 is 24.6. The van der Waals surface area contributed by atoms with Crippen LogP contribution < -0.4 is 15.1 Å². The fourth-order valence-corrected chi connectivity index (χ4v) is 4.16. The van der Waals surface area contributed by atoms with Crippen molar-refractivity contribution in [1.29, 1.82) is 0 Å². The van der Waals surface area contributed by atoms with Gasteiger partial charge in [0.1, 0.15) is 11.4 Å². The summed E-state index contributed by atoms with van der Waals surface area (Å²) in [7, 11) is 1.40. The van der Waals surface area contributed by atoms with E-state index in [9.17, 15) is 19.1 Å². The van der Waals surface area contributed by atoms with Gasteiger partial charge in [-0.25, -0.2) is 4.39 Å². The predicted molar refractivity (Wildman–Crippen MR) is 117 cm³/mol. The van der Waals surface area contributed by atoms with E-state index < -0.39 is 23.2 Å². The van der Waals surface area contributed by atoms with Crippen LogP contribution in [0, 0.1) is 5.82 Å². The van der Waals surface area contributed by atoms with Crippen molar-refractivity contribution in [3.05, 3.63) is 98.6 Å². The number of halogens is 2. The molecule has 160 valence electrons. The maximum absolute atomic E-state index is 13.6. The highest BCUT2D eigenvalue weighted by Gasteiger charge is 2.44. The Bertz CT molecular complexity index is 1450. The van der Waals surface area contributed by atoms with Crippen LogP contribution in [0.5, 0.6) is 11.5 Å². The number of rotatable bonds is 3. The molecule has 0 bridgehead atoms. The van der Waals surface area contributed by atoms with E-state index in [2.05, 4.69) is 0 Å². The van der Waals surface area contributed by atoms with Gasteiger partial charge in [-0.05, 0) is 60.2 Å². The van der Waals surface area contributed by atoms with Gasteiger partial charge in [-0.3, -0.25) is 14.5 Å². The van der Waals surface area contributed by atoms with Crippen molar-refractivity contribution in [3.63, 3.8) is 0 Å². The number of methoxy groups -OCH3 is 1. The zero-order chi connectivity index (χ0) is 22.6. The summed E-state index contributed by atoms with van der Waals surface area (Å²) in [6.07, 6.45) is 0. The molecule has 1 N–H and O–H groups in total. The number of nitrogens with zero attached hydrogens (tertiary/aromatic N) is 1. The van der Waals surface area contributed by atoms with Crippen molar-refractivity contribution < 1.29 is 23.4 Å². The van der Waals surface area contributed by atoms with E-state index in [1.165, 1.54) is 54.5 Å². The lowest BCUT2D eigenvalue weighted by Gasteiger charge is -2.25. The average molecular weight is 452 g/mol. The number of ether oxygens (including phenoxy) is 1. The lowest BCUT2D eigenvalue weighted by Crippen LogP contribution is -2.29. The van der Waals surface area contributed by atoms with E-state index >= 15 is 0 Å². The van der Waals surface area contributed by atoms with Crippen LogP contribution in [-0.4, -0.2) is 18.1 Å². The van der Waals surface area contributed by atoms with Crippen LogP contribution in [-0.2, 0) is 0 Å². The Morgan fingerprint density at radius 2 is 1.81 bits per heavy atom. The van der Waals surface area contributed by atoms with Crippen LogP contribution in [0.15, 0.2) is 69.9 Å². The largest absolute Gasteiger partial charge is 0.504 e. The number of anilines is 1. The minimum atomic E-state index is -0.892. The molecule has 1 unspecified atom stereocenters. The summed E-state index contributed by atoms with van der Waals surface area (Å²) >= 11 is 6.08. The van der Waals surface area contributed by atoms with Crippen molar-refractivity contribution in [2.75, 3.05) is 12.0 Å². The van der Waals surface area contributed by atoms with Gasteiger partial charge in [0, 0.05) is 10.7 Å². The molecule has 0 fully saturated rings.